The van der Waals surface area contributed by atoms with Crippen LogP contribution in [-0.4, -0.2) is 25.2 Å². The first-order chi connectivity index (χ1) is 6.24. The van der Waals surface area contributed by atoms with Gasteiger partial charge in [-0.25, -0.2) is 4.98 Å². The van der Waals surface area contributed by atoms with Crippen LogP contribution in [0.5, 0.6) is 0 Å². The molecule has 0 amide bonds. The van der Waals surface area contributed by atoms with Gasteiger partial charge < -0.3 is 15.8 Å². The Morgan fingerprint density at radius 2 is 2.62 bits per heavy atom. The van der Waals surface area contributed by atoms with Crippen molar-refractivity contribution in [1.82, 2.24) is 4.98 Å². The second-order valence-corrected chi connectivity index (χ2v) is 4.10. The summed E-state index contributed by atoms with van der Waals surface area (Å²) in [6.07, 6.45) is 0.861. The number of rotatable bonds is 2. The first kappa shape index (κ1) is 8.93. The van der Waals surface area contributed by atoms with Gasteiger partial charge in [0.25, 0.3) is 0 Å². The van der Waals surface area contributed by atoms with Gasteiger partial charge in [0.05, 0.1) is 17.8 Å². The SMILES string of the molecule is CNc1nc(C2(N)CCOC2)cs1. The third-order valence-electron chi connectivity index (χ3n) is 2.28. The Morgan fingerprint density at radius 1 is 1.77 bits per heavy atom. The van der Waals surface area contributed by atoms with Crippen LogP contribution in [0.2, 0.25) is 0 Å². The molecule has 72 valence electrons. The highest BCUT2D eigenvalue weighted by molar-refractivity contribution is 7.13. The maximum Gasteiger partial charge on any atom is 0.182 e. The van der Waals surface area contributed by atoms with E-state index in [1.807, 2.05) is 12.4 Å². The van der Waals surface area contributed by atoms with Gasteiger partial charge in [-0.05, 0) is 6.42 Å². The third-order valence-corrected chi connectivity index (χ3v) is 3.14. The zero-order valence-electron chi connectivity index (χ0n) is 7.54. The monoisotopic (exact) mass is 199 g/mol. The van der Waals surface area contributed by atoms with Crippen LogP contribution in [0.15, 0.2) is 5.38 Å². The molecule has 2 rings (SSSR count). The van der Waals surface area contributed by atoms with Crippen LogP contribution in [0.1, 0.15) is 12.1 Å². The summed E-state index contributed by atoms with van der Waals surface area (Å²) in [6.45, 7) is 1.32. The molecule has 4 nitrogen and oxygen atoms in total. The van der Waals surface area contributed by atoms with Gasteiger partial charge in [-0.1, -0.05) is 0 Å². The highest BCUT2D eigenvalue weighted by Crippen LogP contribution is 2.29. The first-order valence-corrected chi connectivity index (χ1v) is 5.13. The molecule has 0 aliphatic carbocycles. The maximum absolute atomic E-state index is 6.14. The van der Waals surface area contributed by atoms with Crippen molar-refractivity contribution in [3.63, 3.8) is 0 Å². The van der Waals surface area contributed by atoms with Crippen molar-refractivity contribution < 1.29 is 4.74 Å². The van der Waals surface area contributed by atoms with Crippen LogP contribution < -0.4 is 11.1 Å². The lowest BCUT2D eigenvalue weighted by Gasteiger charge is -2.18. The molecule has 2 heterocycles. The number of nitrogens with zero attached hydrogens (tertiary/aromatic N) is 1. The molecule has 1 saturated heterocycles. The lowest BCUT2D eigenvalue weighted by molar-refractivity contribution is 0.177. The number of hydrogen-bond acceptors (Lipinski definition) is 5. The minimum absolute atomic E-state index is 0.356. The number of hydrogen-bond donors (Lipinski definition) is 2. The number of thiazole rings is 1. The Labute approximate surface area is 81.1 Å². The van der Waals surface area contributed by atoms with Gasteiger partial charge in [0, 0.05) is 19.0 Å². The summed E-state index contributed by atoms with van der Waals surface area (Å²) in [6, 6.07) is 0. The van der Waals surface area contributed by atoms with Crippen molar-refractivity contribution in [2.24, 2.45) is 5.73 Å². The average Bonchev–Trinajstić information content (AvgIpc) is 2.72. The Morgan fingerprint density at radius 3 is 3.15 bits per heavy atom. The van der Waals surface area contributed by atoms with Crippen LogP contribution in [0.25, 0.3) is 0 Å². The molecule has 1 atom stereocenters. The normalized spacial score (nSPS) is 27.8. The van der Waals surface area contributed by atoms with E-state index in [2.05, 4.69) is 10.3 Å². The van der Waals surface area contributed by atoms with E-state index >= 15 is 0 Å². The van der Waals surface area contributed by atoms with Crippen molar-refractivity contribution in [3.05, 3.63) is 11.1 Å². The molecule has 1 aliphatic heterocycles. The van der Waals surface area contributed by atoms with Crippen LogP contribution in [0, 0.1) is 0 Å². The average molecular weight is 199 g/mol. The van der Waals surface area contributed by atoms with Gasteiger partial charge in [0.2, 0.25) is 0 Å². The molecule has 1 unspecified atom stereocenters. The number of nitrogens with two attached hydrogens (primary N) is 1. The molecule has 1 aromatic heterocycles. The second kappa shape index (κ2) is 3.25. The number of anilines is 1. The Hall–Kier alpha value is -0.650. The smallest absolute Gasteiger partial charge is 0.182 e. The van der Waals surface area contributed by atoms with Crippen LogP contribution >= 0.6 is 11.3 Å². The molecular weight excluding hydrogens is 186 g/mol. The first-order valence-electron chi connectivity index (χ1n) is 4.25. The van der Waals surface area contributed by atoms with Crippen molar-refractivity contribution in [2.45, 2.75) is 12.0 Å². The van der Waals surface area contributed by atoms with E-state index in [4.69, 9.17) is 10.5 Å². The largest absolute Gasteiger partial charge is 0.379 e. The molecule has 0 saturated carbocycles. The van der Waals surface area contributed by atoms with Crippen LogP contribution in [0.3, 0.4) is 0 Å². The summed E-state index contributed by atoms with van der Waals surface area (Å²) in [5, 5.41) is 5.91. The van der Waals surface area contributed by atoms with Gasteiger partial charge in [0.15, 0.2) is 5.13 Å². The molecule has 1 fully saturated rings. The highest BCUT2D eigenvalue weighted by atomic mass is 32.1. The van der Waals surface area contributed by atoms with E-state index in [9.17, 15) is 0 Å². The molecule has 0 radical (unpaired) electrons. The zero-order valence-corrected chi connectivity index (χ0v) is 8.36. The fourth-order valence-electron chi connectivity index (χ4n) is 1.40. The summed E-state index contributed by atoms with van der Waals surface area (Å²) < 4.78 is 5.28. The minimum atomic E-state index is -0.356. The number of nitrogens with one attached hydrogen (secondary N) is 1. The third kappa shape index (κ3) is 1.54. The van der Waals surface area contributed by atoms with Gasteiger partial charge >= 0.3 is 0 Å². The quantitative estimate of drug-likeness (QED) is 0.738. The highest BCUT2D eigenvalue weighted by Gasteiger charge is 2.34. The summed E-state index contributed by atoms with van der Waals surface area (Å²) in [5.74, 6) is 0. The van der Waals surface area contributed by atoms with E-state index < -0.39 is 0 Å². The van der Waals surface area contributed by atoms with Gasteiger partial charge in [0.1, 0.15) is 0 Å². The topological polar surface area (TPSA) is 60.2 Å². The number of ether oxygens (including phenoxy) is 1. The predicted octanol–water partition coefficient (Wildman–Crippen LogP) is 0.759. The van der Waals surface area contributed by atoms with Crippen LogP contribution in [0.4, 0.5) is 5.13 Å². The lowest BCUT2D eigenvalue weighted by Crippen LogP contribution is -2.37. The molecule has 13 heavy (non-hydrogen) atoms. The Kier molecular flexibility index (Phi) is 2.23. The second-order valence-electron chi connectivity index (χ2n) is 3.25. The molecule has 0 bridgehead atoms. The molecule has 3 N–H and O–H groups in total. The molecule has 0 spiro atoms. The van der Waals surface area contributed by atoms with Crippen LogP contribution in [-0.2, 0) is 10.3 Å². The maximum atomic E-state index is 6.14. The number of aromatic nitrogens is 1. The Bertz CT molecular complexity index is 293. The van der Waals surface area contributed by atoms with Crippen molar-refractivity contribution in [1.29, 1.82) is 0 Å². The summed E-state index contributed by atoms with van der Waals surface area (Å²) in [7, 11) is 1.86. The van der Waals surface area contributed by atoms with Gasteiger partial charge in [-0.15, -0.1) is 11.3 Å². The molecule has 1 aliphatic rings. The van der Waals surface area contributed by atoms with E-state index in [1.54, 1.807) is 11.3 Å². The molecular formula is C8H13N3OS. The van der Waals surface area contributed by atoms with Gasteiger partial charge in [-0.2, -0.15) is 0 Å². The van der Waals surface area contributed by atoms with Crippen molar-refractivity contribution >= 4 is 16.5 Å². The molecule has 5 heteroatoms. The fourth-order valence-corrected chi connectivity index (χ4v) is 2.18. The summed E-state index contributed by atoms with van der Waals surface area (Å²) in [4.78, 5) is 4.38. The zero-order chi connectivity index (χ0) is 9.31. The van der Waals surface area contributed by atoms with E-state index in [1.165, 1.54) is 0 Å². The van der Waals surface area contributed by atoms with E-state index in [0.717, 1.165) is 23.9 Å². The van der Waals surface area contributed by atoms with E-state index in [-0.39, 0.29) is 5.54 Å². The summed E-state index contributed by atoms with van der Waals surface area (Å²) >= 11 is 1.58. The van der Waals surface area contributed by atoms with Gasteiger partial charge in [-0.3, -0.25) is 0 Å². The lowest BCUT2D eigenvalue weighted by atomic mass is 9.97. The fraction of sp³-hybridized carbons (Fsp3) is 0.625. The van der Waals surface area contributed by atoms with E-state index in [0.29, 0.717) is 6.61 Å². The molecule has 0 aromatic carbocycles. The Balaban J connectivity index is 2.23. The minimum Gasteiger partial charge on any atom is -0.379 e. The summed E-state index contributed by atoms with van der Waals surface area (Å²) in [5.41, 5.74) is 6.73. The predicted molar refractivity (Wildman–Crippen MR) is 53.0 cm³/mol. The standard InChI is InChI=1S/C8H13N3OS/c1-10-7-11-6(4-13-7)8(9)2-3-12-5-8/h4H,2-3,5,9H2,1H3,(H,10,11). The van der Waals surface area contributed by atoms with Crippen molar-refractivity contribution in [2.75, 3.05) is 25.6 Å². The molecule has 1 aromatic rings. The van der Waals surface area contributed by atoms with Crippen molar-refractivity contribution in [3.8, 4) is 0 Å².